The van der Waals surface area contributed by atoms with Crippen molar-refractivity contribution < 1.29 is 24.7 Å². The predicted molar refractivity (Wildman–Crippen MR) is 219 cm³/mol. The molecule has 0 aliphatic heterocycles. The predicted octanol–water partition coefficient (Wildman–Crippen LogP) is 9.26. The SMILES string of the molecule is C[Si](C)(C)O[Si](O[Si](C)(C)C)(O[Si](C)(C)C)c1cccc(C=Cc2cccc([Si](O[Si](C)(C)C)(O[Si](C)(C)C)O[Si](C)(C)C)c2)c1. The van der Waals surface area contributed by atoms with Gasteiger partial charge in [0.2, 0.25) is 0 Å². The van der Waals surface area contributed by atoms with E-state index < -0.39 is 67.5 Å². The van der Waals surface area contributed by atoms with E-state index in [1.807, 2.05) is 0 Å². The number of benzene rings is 2. The van der Waals surface area contributed by atoms with Crippen molar-refractivity contribution in [3.05, 3.63) is 59.7 Å². The van der Waals surface area contributed by atoms with Crippen LogP contribution in [-0.2, 0) is 24.7 Å². The normalized spacial score (nSPS) is 14.7. The van der Waals surface area contributed by atoms with E-state index in [1.54, 1.807) is 0 Å². The molecule has 0 spiro atoms. The highest BCUT2D eigenvalue weighted by Gasteiger charge is 2.53. The standard InChI is InChI=1S/C32H64O6Si8/c1-39(2,3)33-45(34-40(4,5)6,35-41(7,8)9)31-23-19-21-29(27-31)25-26-30-22-20-24-32(28-30)46(36-42(10,11)12,37-43(13,14)15)38-44(16,17)18/h19-28H,1-18H3. The van der Waals surface area contributed by atoms with Crippen molar-refractivity contribution >= 4 is 90.0 Å². The molecule has 0 heterocycles. The van der Waals surface area contributed by atoms with E-state index in [1.165, 1.54) is 0 Å². The van der Waals surface area contributed by atoms with Crippen molar-refractivity contribution in [3.63, 3.8) is 0 Å². The van der Waals surface area contributed by atoms with Gasteiger partial charge >= 0.3 is 17.6 Å². The second-order valence-electron chi connectivity index (χ2n) is 18.0. The third-order valence-electron chi connectivity index (χ3n) is 5.59. The van der Waals surface area contributed by atoms with Crippen LogP contribution in [0.25, 0.3) is 12.2 Å². The van der Waals surface area contributed by atoms with Gasteiger partial charge in [-0.2, -0.15) is 0 Å². The van der Waals surface area contributed by atoms with Crippen molar-refractivity contribution in [2.45, 2.75) is 118 Å². The molecule has 0 saturated carbocycles. The zero-order chi connectivity index (χ0) is 35.6. The molecule has 2 aromatic carbocycles. The molecule has 0 saturated heterocycles. The highest BCUT2D eigenvalue weighted by molar-refractivity contribution is 6.96. The summed E-state index contributed by atoms with van der Waals surface area (Å²) in [5.41, 5.74) is 2.16. The molecule has 0 amide bonds. The van der Waals surface area contributed by atoms with Gasteiger partial charge in [-0.1, -0.05) is 48.6 Å². The first-order valence-electron chi connectivity index (χ1n) is 16.5. The molecule has 46 heavy (non-hydrogen) atoms. The Hall–Kier alpha value is -0.325. The third kappa shape index (κ3) is 15.1. The molecule has 260 valence electrons. The molecule has 0 fully saturated rings. The zero-order valence-electron chi connectivity index (χ0n) is 32.2. The lowest BCUT2D eigenvalue weighted by Gasteiger charge is -2.43. The van der Waals surface area contributed by atoms with Gasteiger partial charge in [0.1, 0.15) is 0 Å². The Labute approximate surface area is 290 Å². The molecular weight excluding hydrogens is 705 g/mol. The molecule has 6 nitrogen and oxygen atoms in total. The molecule has 0 aliphatic carbocycles. The molecule has 14 heteroatoms. The largest absolute Gasteiger partial charge is 0.505 e. The van der Waals surface area contributed by atoms with E-state index in [9.17, 15) is 0 Å². The average Bonchev–Trinajstić information content (AvgIpc) is 2.76. The summed E-state index contributed by atoms with van der Waals surface area (Å²) in [6, 6.07) is 17.2. The van der Waals surface area contributed by atoms with Crippen LogP contribution in [0.5, 0.6) is 0 Å². The molecule has 0 N–H and O–H groups in total. The summed E-state index contributed by atoms with van der Waals surface area (Å²) in [6.07, 6.45) is 4.33. The number of hydrogen-bond donors (Lipinski definition) is 0. The maximum atomic E-state index is 7.01. The molecule has 0 atom stereocenters. The van der Waals surface area contributed by atoms with Crippen LogP contribution in [0.1, 0.15) is 11.1 Å². The van der Waals surface area contributed by atoms with Gasteiger partial charge in [-0.3, -0.25) is 0 Å². The summed E-state index contributed by atoms with van der Waals surface area (Å²) < 4.78 is 42.0. The van der Waals surface area contributed by atoms with E-state index in [2.05, 4.69) is 179 Å². The molecule has 0 radical (unpaired) electrons. The molecular formula is C32H64O6Si8. The number of hydrogen-bond acceptors (Lipinski definition) is 6. The fourth-order valence-electron chi connectivity index (χ4n) is 4.76. The maximum absolute atomic E-state index is 7.01. The minimum atomic E-state index is -3.20. The van der Waals surface area contributed by atoms with Crippen molar-refractivity contribution in [2.24, 2.45) is 0 Å². The summed E-state index contributed by atoms with van der Waals surface area (Å²) in [4.78, 5) is 0. The highest BCUT2D eigenvalue weighted by Crippen LogP contribution is 2.28. The lowest BCUT2D eigenvalue weighted by Crippen LogP contribution is -2.67. The summed E-state index contributed by atoms with van der Waals surface area (Å²) in [5.74, 6) is 0. The Bertz CT molecular complexity index is 1140. The van der Waals surface area contributed by atoms with Crippen LogP contribution in [0.3, 0.4) is 0 Å². The monoisotopic (exact) mass is 768 g/mol. The van der Waals surface area contributed by atoms with Crippen molar-refractivity contribution in [1.29, 1.82) is 0 Å². The fourth-order valence-corrected chi connectivity index (χ4v) is 31.5. The Morgan fingerprint density at radius 1 is 0.348 bits per heavy atom. The van der Waals surface area contributed by atoms with Crippen LogP contribution in [0.15, 0.2) is 48.5 Å². The van der Waals surface area contributed by atoms with Crippen LogP contribution >= 0.6 is 0 Å². The highest BCUT2D eigenvalue weighted by atomic mass is 28.5. The van der Waals surface area contributed by atoms with Crippen molar-refractivity contribution in [1.82, 2.24) is 0 Å². The van der Waals surface area contributed by atoms with Crippen LogP contribution < -0.4 is 10.4 Å². The third-order valence-corrected chi connectivity index (χ3v) is 28.8. The van der Waals surface area contributed by atoms with E-state index in [-0.39, 0.29) is 0 Å². The van der Waals surface area contributed by atoms with E-state index in [0.29, 0.717) is 0 Å². The first-order chi connectivity index (χ1) is 20.4. The lowest BCUT2D eigenvalue weighted by molar-refractivity contribution is 0.271. The van der Waals surface area contributed by atoms with Gasteiger partial charge in [0.05, 0.1) is 0 Å². The first kappa shape index (κ1) is 41.8. The molecule has 0 aromatic heterocycles. The van der Waals surface area contributed by atoms with Gasteiger partial charge in [-0.25, -0.2) is 0 Å². The van der Waals surface area contributed by atoms with Crippen LogP contribution in [0.2, 0.25) is 118 Å². The summed E-state index contributed by atoms with van der Waals surface area (Å²) in [5, 5.41) is 2.08. The average molecular weight is 770 g/mol. The van der Waals surface area contributed by atoms with Crippen LogP contribution in [-0.4, -0.2) is 67.5 Å². The van der Waals surface area contributed by atoms with Gasteiger partial charge in [0, 0.05) is 10.4 Å². The molecule has 0 unspecified atom stereocenters. The van der Waals surface area contributed by atoms with Crippen LogP contribution in [0, 0.1) is 0 Å². The number of rotatable bonds is 16. The summed E-state index contributed by atoms with van der Waals surface area (Å²) in [6.45, 7) is 40.0. The minimum absolute atomic E-state index is 1.04. The minimum Gasteiger partial charge on any atom is -0.414 e. The van der Waals surface area contributed by atoms with Gasteiger partial charge < -0.3 is 24.7 Å². The van der Waals surface area contributed by atoms with Gasteiger partial charge in [-0.15, -0.1) is 0 Å². The Balaban J connectivity index is 2.68. The van der Waals surface area contributed by atoms with Gasteiger partial charge in [-0.05, 0) is 141 Å². The molecule has 0 aliphatic rings. The molecule has 2 rings (SSSR count). The Kier molecular flexibility index (Phi) is 13.5. The second-order valence-corrected chi connectivity index (χ2v) is 51.6. The Morgan fingerprint density at radius 3 is 0.761 bits per heavy atom. The Morgan fingerprint density at radius 2 is 0.565 bits per heavy atom. The summed E-state index contributed by atoms with van der Waals surface area (Å²) in [7, 11) is -18.6. The summed E-state index contributed by atoms with van der Waals surface area (Å²) >= 11 is 0. The maximum Gasteiger partial charge on any atom is 0.505 e. The zero-order valence-corrected chi connectivity index (χ0v) is 40.2. The van der Waals surface area contributed by atoms with Crippen molar-refractivity contribution in [2.75, 3.05) is 0 Å². The van der Waals surface area contributed by atoms with Gasteiger partial charge in [0.25, 0.3) is 0 Å². The fraction of sp³-hybridized carbons (Fsp3) is 0.562. The van der Waals surface area contributed by atoms with E-state index in [0.717, 1.165) is 21.5 Å². The van der Waals surface area contributed by atoms with E-state index >= 15 is 0 Å². The van der Waals surface area contributed by atoms with E-state index in [4.69, 9.17) is 24.7 Å². The smallest absolute Gasteiger partial charge is 0.414 e. The van der Waals surface area contributed by atoms with Crippen LogP contribution in [0.4, 0.5) is 0 Å². The van der Waals surface area contributed by atoms with Gasteiger partial charge in [0.15, 0.2) is 49.9 Å². The lowest BCUT2D eigenvalue weighted by atomic mass is 10.1. The quantitative estimate of drug-likeness (QED) is 0.125. The first-order valence-corrected chi connectivity index (χ1v) is 40.4. The second kappa shape index (κ2) is 14.9. The van der Waals surface area contributed by atoms with Crippen molar-refractivity contribution in [3.8, 4) is 0 Å². The topological polar surface area (TPSA) is 55.4 Å². The molecule has 0 bridgehead atoms. The molecule has 2 aromatic rings.